The molecular formula is C24H24N4O. The third-order valence-electron chi connectivity index (χ3n) is 5.04. The second-order valence-electron chi connectivity index (χ2n) is 7.36. The van der Waals surface area contributed by atoms with E-state index in [0.717, 1.165) is 33.6 Å². The van der Waals surface area contributed by atoms with E-state index in [-0.39, 0.29) is 11.8 Å². The van der Waals surface area contributed by atoms with Crippen molar-refractivity contribution in [3.63, 3.8) is 0 Å². The second kappa shape index (κ2) is 7.80. The smallest absolute Gasteiger partial charge is 0.147 e. The van der Waals surface area contributed by atoms with Gasteiger partial charge in [0.1, 0.15) is 17.1 Å². The van der Waals surface area contributed by atoms with Gasteiger partial charge in [0, 0.05) is 43.1 Å². The minimum atomic E-state index is -0.271. The fourth-order valence-corrected chi connectivity index (χ4v) is 3.45. The van der Waals surface area contributed by atoms with E-state index in [0.29, 0.717) is 5.52 Å². The zero-order valence-corrected chi connectivity index (χ0v) is 16.8. The van der Waals surface area contributed by atoms with Crippen LogP contribution in [0.15, 0.2) is 73.1 Å². The Hall–Kier alpha value is -3.60. The first-order valence-corrected chi connectivity index (χ1v) is 9.56. The summed E-state index contributed by atoms with van der Waals surface area (Å²) in [5.41, 5.74) is 4.62. The SMILES string of the molecule is Cc1ccnc(N[C@H](c2ccc(N(C)C)cc2)c2ccc3cccnc3c2O)c1. The minimum Gasteiger partial charge on any atom is -0.505 e. The topological polar surface area (TPSA) is 61.3 Å². The fraction of sp³-hybridized carbons (Fsp3) is 0.167. The van der Waals surface area contributed by atoms with Gasteiger partial charge in [0.25, 0.3) is 0 Å². The number of nitrogens with zero attached hydrogens (tertiary/aromatic N) is 3. The van der Waals surface area contributed by atoms with E-state index in [2.05, 4.69) is 44.5 Å². The largest absolute Gasteiger partial charge is 0.505 e. The van der Waals surface area contributed by atoms with E-state index in [1.807, 2.05) is 57.4 Å². The van der Waals surface area contributed by atoms with Crippen molar-refractivity contribution in [2.75, 3.05) is 24.3 Å². The van der Waals surface area contributed by atoms with Gasteiger partial charge in [-0.15, -0.1) is 0 Å². The molecular weight excluding hydrogens is 360 g/mol. The fourth-order valence-electron chi connectivity index (χ4n) is 3.45. The van der Waals surface area contributed by atoms with Crippen LogP contribution in [0.1, 0.15) is 22.7 Å². The molecule has 1 atom stereocenters. The summed E-state index contributed by atoms with van der Waals surface area (Å²) in [5.74, 6) is 0.942. The van der Waals surface area contributed by atoms with Gasteiger partial charge in [-0.05, 0) is 48.4 Å². The van der Waals surface area contributed by atoms with Gasteiger partial charge in [0.15, 0.2) is 0 Å². The van der Waals surface area contributed by atoms with E-state index >= 15 is 0 Å². The summed E-state index contributed by atoms with van der Waals surface area (Å²) >= 11 is 0. The van der Waals surface area contributed by atoms with Crippen LogP contribution in [0.3, 0.4) is 0 Å². The van der Waals surface area contributed by atoms with Gasteiger partial charge >= 0.3 is 0 Å². The summed E-state index contributed by atoms with van der Waals surface area (Å²) in [5, 5.41) is 15.4. The molecule has 2 aromatic heterocycles. The summed E-state index contributed by atoms with van der Waals surface area (Å²) < 4.78 is 0. The molecule has 0 unspecified atom stereocenters. The predicted octanol–water partition coefficient (Wildman–Crippen LogP) is 4.91. The summed E-state index contributed by atoms with van der Waals surface area (Å²) in [7, 11) is 4.03. The molecule has 29 heavy (non-hydrogen) atoms. The van der Waals surface area contributed by atoms with Crippen molar-refractivity contribution in [2.45, 2.75) is 13.0 Å². The molecule has 0 radical (unpaired) electrons. The van der Waals surface area contributed by atoms with Crippen LogP contribution in [0.4, 0.5) is 11.5 Å². The molecule has 0 fully saturated rings. The molecule has 5 heteroatoms. The maximum Gasteiger partial charge on any atom is 0.147 e. The lowest BCUT2D eigenvalue weighted by atomic mass is 9.96. The van der Waals surface area contributed by atoms with Crippen molar-refractivity contribution in [2.24, 2.45) is 0 Å². The maximum atomic E-state index is 11.0. The number of hydrogen-bond acceptors (Lipinski definition) is 5. The van der Waals surface area contributed by atoms with Gasteiger partial charge in [-0.1, -0.05) is 30.3 Å². The van der Waals surface area contributed by atoms with Gasteiger partial charge in [-0.25, -0.2) is 4.98 Å². The molecule has 2 N–H and O–H groups in total. The molecule has 0 aliphatic heterocycles. The summed E-state index contributed by atoms with van der Waals surface area (Å²) in [6.45, 7) is 2.03. The molecule has 2 aromatic carbocycles. The lowest BCUT2D eigenvalue weighted by molar-refractivity contribution is 0.471. The Labute approximate surface area is 170 Å². The Kier molecular flexibility index (Phi) is 5.04. The third-order valence-corrected chi connectivity index (χ3v) is 5.04. The van der Waals surface area contributed by atoms with Crippen molar-refractivity contribution in [3.05, 3.63) is 89.7 Å². The molecule has 2 heterocycles. The van der Waals surface area contributed by atoms with Crippen LogP contribution in [0.25, 0.3) is 10.9 Å². The van der Waals surface area contributed by atoms with E-state index in [1.165, 1.54) is 0 Å². The van der Waals surface area contributed by atoms with Crippen LogP contribution in [0, 0.1) is 6.92 Å². The quantitative estimate of drug-likeness (QED) is 0.512. The number of benzene rings is 2. The standard InChI is InChI=1S/C24H24N4O/c1-16-12-14-25-21(15-16)27-22(18-6-9-19(10-7-18)28(2)3)20-11-8-17-5-4-13-26-23(17)24(20)29/h4-15,22,29H,1-3H3,(H,25,27)/t22-/m1/s1. The molecule has 146 valence electrons. The number of pyridine rings is 2. The van der Waals surface area contributed by atoms with E-state index in [1.54, 1.807) is 12.4 Å². The highest BCUT2D eigenvalue weighted by Gasteiger charge is 2.20. The van der Waals surface area contributed by atoms with E-state index < -0.39 is 0 Å². The van der Waals surface area contributed by atoms with Crippen LogP contribution in [-0.4, -0.2) is 29.2 Å². The number of phenols is 1. The average Bonchev–Trinajstić information content (AvgIpc) is 2.73. The molecule has 4 rings (SSSR count). The van der Waals surface area contributed by atoms with Gasteiger partial charge in [0.2, 0.25) is 0 Å². The van der Waals surface area contributed by atoms with Crippen LogP contribution in [0.2, 0.25) is 0 Å². The van der Waals surface area contributed by atoms with Gasteiger partial charge in [0.05, 0.1) is 6.04 Å². The molecule has 0 bridgehead atoms. The van der Waals surface area contributed by atoms with Gasteiger partial charge in [-0.3, -0.25) is 4.98 Å². The van der Waals surface area contributed by atoms with E-state index in [4.69, 9.17) is 0 Å². The Bertz CT molecular complexity index is 1140. The highest BCUT2D eigenvalue weighted by Crippen LogP contribution is 2.36. The van der Waals surface area contributed by atoms with Crippen LogP contribution in [0.5, 0.6) is 5.75 Å². The monoisotopic (exact) mass is 384 g/mol. The van der Waals surface area contributed by atoms with Crippen molar-refractivity contribution in [1.29, 1.82) is 0 Å². The van der Waals surface area contributed by atoms with Crippen LogP contribution in [-0.2, 0) is 0 Å². The number of hydrogen-bond donors (Lipinski definition) is 2. The maximum absolute atomic E-state index is 11.0. The Morgan fingerprint density at radius 3 is 2.45 bits per heavy atom. The highest BCUT2D eigenvalue weighted by atomic mass is 16.3. The summed E-state index contributed by atoms with van der Waals surface area (Å²) in [6.07, 6.45) is 3.48. The molecule has 5 nitrogen and oxygen atoms in total. The first-order chi connectivity index (χ1) is 14.0. The number of aromatic hydroxyl groups is 1. The van der Waals surface area contributed by atoms with Crippen LogP contribution < -0.4 is 10.2 Å². The van der Waals surface area contributed by atoms with Crippen molar-refractivity contribution in [1.82, 2.24) is 9.97 Å². The molecule has 4 aromatic rings. The Balaban J connectivity index is 1.82. The highest BCUT2D eigenvalue weighted by molar-refractivity contribution is 5.86. The Morgan fingerprint density at radius 2 is 1.72 bits per heavy atom. The zero-order valence-electron chi connectivity index (χ0n) is 16.8. The molecule has 0 saturated heterocycles. The summed E-state index contributed by atoms with van der Waals surface area (Å²) in [6, 6.07) is 19.7. The second-order valence-corrected chi connectivity index (χ2v) is 7.36. The third kappa shape index (κ3) is 3.85. The molecule has 0 saturated carbocycles. The first kappa shape index (κ1) is 18.7. The Morgan fingerprint density at radius 1 is 0.931 bits per heavy atom. The number of rotatable bonds is 5. The normalized spacial score (nSPS) is 12.0. The van der Waals surface area contributed by atoms with Crippen molar-refractivity contribution in [3.8, 4) is 5.75 Å². The van der Waals surface area contributed by atoms with Crippen molar-refractivity contribution < 1.29 is 5.11 Å². The van der Waals surface area contributed by atoms with Crippen LogP contribution >= 0.6 is 0 Å². The van der Waals surface area contributed by atoms with E-state index in [9.17, 15) is 5.11 Å². The van der Waals surface area contributed by atoms with Gasteiger partial charge < -0.3 is 15.3 Å². The molecule has 0 amide bonds. The van der Waals surface area contributed by atoms with Crippen molar-refractivity contribution >= 4 is 22.4 Å². The number of aryl methyl sites for hydroxylation is 1. The average molecular weight is 384 g/mol. The molecule has 0 aliphatic rings. The first-order valence-electron chi connectivity index (χ1n) is 9.56. The minimum absolute atomic E-state index is 0.185. The number of anilines is 2. The number of phenolic OH excluding ortho intramolecular Hbond substituents is 1. The molecule has 0 spiro atoms. The molecule has 0 aliphatic carbocycles. The lowest BCUT2D eigenvalue weighted by Crippen LogP contribution is -2.14. The lowest BCUT2D eigenvalue weighted by Gasteiger charge is -2.23. The summed E-state index contributed by atoms with van der Waals surface area (Å²) in [4.78, 5) is 10.9. The number of fused-ring (bicyclic) bond motifs is 1. The predicted molar refractivity (Wildman–Crippen MR) is 119 cm³/mol. The zero-order chi connectivity index (χ0) is 20.4. The number of nitrogens with one attached hydrogen (secondary N) is 1. The number of aromatic nitrogens is 2. The van der Waals surface area contributed by atoms with Gasteiger partial charge in [-0.2, -0.15) is 0 Å².